The Bertz CT molecular complexity index is 545. The number of aryl methyl sites for hydroxylation is 1. The van der Waals surface area contributed by atoms with Gasteiger partial charge in [-0.25, -0.2) is 4.79 Å². The fourth-order valence-corrected chi connectivity index (χ4v) is 2.31. The molecule has 20 heavy (non-hydrogen) atoms. The third kappa shape index (κ3) is 2.54. The minimum absolute atomic E-state index is 0.0287. The Hall–Kier alpha value is -1.88. The zero-order valence-electron chi connectivity index (χ0n) is 12.2. The highest BCUT2D eigenvalue weighted by Crippen LogP contribution is 2.29. The van der Waals surface area contributed by atoms with Crippen molar-refractivity contribution < 1.29 is 14.7 Å². The molecule has 2 N–H and O–H groups in total. The van der Waals surface area contributed by atoms with Crippen LogP contribution < -0.4 is 5.32 Å². The lowest BCUT2D eigenvalue weighted by atomic mass is 9.91. The molecule has 1 atom stereocenters. The molecule has 1 aromatic rings. The average molecular weight is 276 g/mol. The van der Waals surface area contributed by atoms with E-state index < -0.39 is 17.2 Å². The molecule has 1 aliphatic rings. The van der Waals surface area contributed by atoms with E-state index >= 15 is 0 Å². The molecule has 0 bridgehead atoms. The maximum atomic E-state index is 12.5. The minimum atomic E-state index is -1.12. The van der Waals surface area contributed by atoms with E-state index in [-0.39, 0.29) is 12.5 Å². The molecule has 108 valence electrons. The van der Waals surface area contributed by atoms with Gasteiger partial charge >= 0.3 is 6.03 Å². The molecule has 1 aliphatic heterocycles. The smallest absolute Gasteiger partial charge is 0.325 e. The first-order chi connectivity index (χ1) is 9.13. The topological polar surface area (TPSA) is 69.6 Å². The van der Waals surface area contributed by atoms with Gasteiger partial charge in [-0.15, -0.1) is 0 Å². The van der Waals surface area contributed by atoms with Crippen LogP contribution in [0.3, 0.4) is 0 Å². The van der Waals surface area contributed by atoms with Crippen molar-refractivity contribution in [3.8, 4) is 0 Å². The molecule has 1 heterocycles. The second-order valence-corrected chi connectivity index (χ2v) is 6.12. The number of urea groups is 1. The summed E-state index contributed by atoms with van der Waals surface area (Å²) in [5.74, 6) is -0.339. The zero-order chi connectivity index (χ0) is 15.1. The molecule has 0 saturated carbocycles. The largest absolute Gasteiger partial charge is 0.389 e. The van der Waals surface area contributed by atoms with Gasteiger partial charge in [-0.1, -0.05) is 29.8 Å². The number of carbonyl (C=O) groups excluding carboxylic acids is 2. The molecular weight excluding hydrogens is 256 g/mol. The number of hydrogen-bond donors (Lipinski definition) is 2. The third-order valence-electron chi connectivity index (χ3n) is 3.45. The molecule has 1 unspecified atom stereocenters. The predicted molar refractivity (Wildman–Crippen MR) is 75.1 cm³/mol. The van der Waals surface area contributed by atoms with Gasteiger partial charge in [0, 0.05) is 0 Å². The van der Waals surface area contributed by atoms with Crippen LogP contribution in [0, 0.1) is 6.92 Å². The van der Waals surface area contributed by atoms with Crippen LogP contribution in [0.5, 0.6) is 0 Å². The molecular formula is C15H20N2O3. The van der Waals surface area contributed by atoms with Crippen LogP contribution in [0.4, 0.5) is 4.79 Å². The van der Waals surface area contributed by atoms with Crippen molar-refractivity contribution in [3.05, 3.63) is 35.4 Å². The zero-order valence-corrected chi connectivity index (χ0v) is 12.2. The molecule has 0 radical (unpaired) electrons. The molecule has 1 saturated heterocycles. The van der Waals surface area contributed by atoms with Gasteiger partial charge < -0.3 is 10.4 Å². The third-order valence-corrected chi connectivity index (χ3v) is 3.45. The van der Waals surface area contributed by atoms with E-state index in [9.17, 15) is 14.7 Å². The monoisotopic (exact) mass is 276 g/mol. The highest BCUT2D eigenvalue weighted by atomic mass is 16.3. The van der Waals surface area contributed by atoms with Gasteiger partial charge in [-0.3, -0.25) is 9.69 Å². The predicted octanol–water partition coefficient (Wildman–Crippen LogP) is 1.53. The number of rotatable bonds is 3. The summed E-state index contributed by atoms with van der Waals surface area (Å²) >= 11 is 0. The highest BCUT2D eigenvalue weighted by Gasteiger charge is 2.49. The number of nitrogens with zero attached hydrogens (tertiary/aromatic N) is 1. The number of imide groups is 1. The van der Waals surface area contributed by atoms with E-state index in [2.05, 4.69) is 5.32 Å². The Morgan fingerprint density at radius 1 is 1.25 bits per heavy atom. The Morgan fingerprint density at radius 3 is 2.30 bits per heavy atom. The van der Waals surface area contributed by atoms with Crippen molar-refractivity contribution >= 4 is 11.9 Å². The van der Waals surface area contributed by atoms with Crippen LogP contribution in [0.25, 0.3) is 0 Å². The summed E-state index contributed by atoms with van der Waals surface area (Å²) < 4.78 is 0. The van der Waals surface area contributed by atoms with Crippen molar-refractivity contribution in [1.29, 1.82) is 0 Å². The lowest BCUT2D eigenvalue weighted by Crippen LogP contribution is -2.44. The molecule has 5 heteroatoms. The van der Waals surface area contributed by atoms with E-state index in [0.717, 1.165) is 16.0 Å². The Balaban J connectivity index is 2.33. The number of benzene rings is 1. The number of carbonyl (C=O) groups is 2. The lowest BCUT2D eigenvalue weighted by molar-refractivity contribution is -0.133. The molecule has 1 fully saturated rings. The Labute approximate surface area is 118 Å². The number of aliphatic hydroxyl groups is 1. The molecule has 0 aliphatic carbocycles. The van der Waals surface area contributed by atoms with Gasteiger partial charge in [-0.05, 0) is 33.3 Å². The second kappa shape index (κ2) is 4.59. The summed E-state index contributed by atoms with van der Waals surface area (Å²) in [6.45, 7) is 6.74. The summed E-state index contributed by atoms with van der Waals surface area (Å²) in [5.41, 5.74) is -0.371. The second-order valence-electron chi connectivity index (χ2n) is 6.12. The van der Waals surface area contributed by atoms with Crippen molar-refractivity contribution in [2.24, 2.45) is 0 Å². The first-order valence-corrected chi connectivity index (χ1v) is 6.57. The molecule has 2 rings (SSSR count). The maximum absolute atomic E-state index is 12.5. The molecule has 1 aromatic carbocycles. The van der Waals surface area contributed by atoms with Crippen LogP contribution >= 0.6 is 0 Å². The van der Waals surface area contributed by atoms with Crippen LogP contribution in [0.2, 0.25) is 0 Å². The van der Waals surface area contributed by atoms with E-state index in [1.54, 1.807) is 20.8 Å². The average Bonchev–Trinajstić information content (AvgIpc) is 2.53. The van der Waals surface area contributed by atoms with Crippen LogP contribution in [0.15, 0.2) is 24.3 Å². The highest BCUT2D eigenvalue weighted by molar-refractivity contribution is 6.07. The molecule has 3 amide bonds. The standard InChI is InChI=1S/C15H20N2O3/c1-10-5-7-11(8-6-10)15(4)12(18)17(13(19)16-15)9-14(2,3)20/h5-8,20H,9H2,1-4H3,(H,16,19). The van der Waals surface area contributed by atoms with Crippen LogP contribution in [0.1, 0.15) is 31.9 Å². The normalized spacial score (nSPS) is 23.1. The van der Waals surface area contributed by atoms with Gasteiger partial charge in [0.15, 0.2) is 0 Å². The van der Waals surface area contributed by atoms with Gasteiger partial charge in [0.05, 0.1) is 12.1 Å². The Morgan fingerprint density at radius 2 is 1.80 bits per heavy atom. The first-order valence-electron chi connectivity index (χ1n) is 6.57. The lowest BCUT2D eigenvalue weighted by Gasteiger charge is -2.25. The van der Waals surface area contributed by atoms with Crippen LogP contribution in [-0.4, -0.2) is 34.1 Å². The van der Waals surface area contributed by atoms with Crippen molar-refractivity contribution in [2.45, 2.75) is 38.8 Å². The van der Waals surface area contributed by atoms with Crippen molar-refractivity contribution in [2.75, 3.05) is 6.54 Å². The molecule has 5 nitrogen and oxygen atoms in total. The van der Waals surface area contributed by atoms with E-state index in [0.29, 0.717) is 0 Å². The quantitative estimate of drug-likeness (QED) is 0.823. The van der Waals surface area contributed by atoms with Gasteiger partial charge in [-0.2, -0.15) is 0 Å². The number of nitrogens with one attached hydrogen (secondary N) is 1. The van der Waals surface area contributed by atoms with E-state index in [1.807, 2.05) is 31.2 Å². The Kier molecular flexibility index (Phi) is 3.34. The van der Waals surface area contributed by atoms with Gasteiger partial charge in [0.1, 0.15) is 5.54 Å². The molecule has 0 aromatic heterocycles. The summed E-state index contributed by atoms with van der Waals surface area (Å²) in [6, 6.07) is 7.00. The van der Waals surface area contributed by atoms with Crippen molar-refractivity contribution in [1.82, 2.24) is 10.2 Å². The number of hydrogen-bond acceptors (Lipinski definition) is 3. The summed E-state index contributed by atoms with van der Waals surface area (Å²) in [6.07, 6.45) is 0. The number of amides is 3. The summed E-state index contributed by atoms with van der Waals surface area (Å²) in [5, 5.41) is 12.5. The SMILES string of the molecule is Cc1ccc(C2(C)NC(=O)N(CC(C)(C)O)C2=O)cc1. The van der Waals surface area contributed by atoms with Crippen molar-refractivity contribution in [3.63, 3.8) is 0 Å². The summed E-state index contributed by atoms with van der Waals surface area (Å²) in [4.78, 5) is 25.6. The van der Waals surface area contributed by atoms with E-state index in [4.69, 9.17) is 0 Å². The fraction of sp³-hybridized carbons (Fsp3) is 0.467. The van der Waals surface area contributed by atoms with Crippen LogP contribution in [-0.2, 0) is 10.3 Å². The summed E-state index contributed by atoms with van der Waals surface area (Å²) in [7, 11) is 0. The van der Waals surface area contributed by atoms with E-state index in [1.165, 1.54) is 0 Å². The first kappa shape index (κ1) is 14.5. The minimum Gasteiger partial charge on any atom is -0.389 e. The van der Waals surface area contributed by atoms with Gasteiger partial charge in [0.2, 0.25) is 0 Å². The maximum Gasteiger partial charge on any atom is 0.325 e. The number of β-amino-alcohol motifs (C(OH)–C–C–N with tert-alkyl or cyclic N) is 1. The van der Waals surface area contributed by atoms with Gasteiger partial charge in [0.25, 0.3) is 5.91 Å². The molecule has 0 spiro atoms. The fourth-order valence-electron chi connectivity index (χ4n) is 2.31.